The van der Waals surface area contributed by atoms with Gasteiger partial charge < -0.3 is 9.47 Å². The maximum Gasteiger partial charge on any atom is 0.334 e. The Kier molecular flexibility index (Phi) is 6.01. The summed E-state index contributed by atoms with van der Waals surface area (Å²) >= 11 is 0. The maximum atomic E-state index is 12.7. The van der Waals surface area contributed by atoms with Crippen LogP contribution in [0, 0.1) is 16.0 Å². The largest absolute Gasteiger partial charge is 0.342 e. The first-order chi connectivity index (χ1) is 13.5. The zero-order chi connectivity index (χ0) is 19.7. The summed E-state index contributed by atoms with van der Waals surface area (Å²) in [6.45, 7) is 1.73. The second-order valence-electron chi connectivity index (χ2n) is 7.99. The average Bonchev–Trinajstić information content (AvgIpc) is 3.19. The highest BCUT2D eigenvalue weighted by Crippen LogP contribution is 2.40. The molecule has 1 aromatic rings. The van der Waals surface area contributed by atoms with Crippen LogP contribution in [0.3, 0.4) is 0 Å². The van der Waals surface area contributed by atoms with Crippen LogP contribution in [0.15, 0.2) is 16.9 Å². The van der Waals surface area contributed by atoms with Crippen molar-refractivity contribution in [2.24, 2.45) is 5.92 Å². The standard InChI is InChI=1S/C19H25N3O4S2/c23-18(4-2-1-3-15-7-8-27-28-15)20-10-13-9-14(12-20)16-5-6-17(22(25)26)19(24)21(16)11-13/h5-6,13-15H,1-4,7-12H2/t13-,14-,15?/m0/s1. The van der Waals surface area contributed by atoms with Crippen molar-refractivity contribution in [3.8, 4) is 0 Å². The molecule has 28 heavy (non-hydrogen) atoms. The average molecular weight is 424 g/mol. The van der Waals surface area contributed by atoms with E-state index in [2.05, 4.69) is 0 Å². The van der Waals surface area contributed by atoms with E-state index in [1.54, 1.807) is 10.6 Å². The van der Waals surface area contributed by atoms with Gasteiger partial charge in [0.25, 0.3) is 0 Å². The quantitative estimate of drug-likeness (QED) is 0.302. The van der Waals surface area contributed by atoms with Gasteiger partial charge in [0.2, 0.25) is 5.91 Å². The number of hydrogen-bond donors (Lipinski definition) is 0. The van der Waals surface area contributed by atoms with Crippen LogP contribution in [0.2, 0.25) is 0 Å². The van der Waals surface area contributed by atoms with E-state index in [-0.39, 0.29) is 23.4 Å². The Labute approximate surface area is 171 Å². The van der Waals surface area contributed by atoms with Crippen LogP contribution in [0.1, 0.15) is 50.1 Å². The van der Waals surface area contributed by atoms with E-state index in [0.29, 0.717) is 26.1 Å². The number of amides is 1. The number of carbonyl (C=O) groups is 1. The molecule has 0 aliphatic carbocycles. The number of fused-ring (bicyclic) bond motifs is 4. The minimum atomic E-state index is -0.613. The molecule has 9 heteroatoms. The second-order valence-corrected chi connectivity index (χ2v) is 10.8. The van der Waals surface area contributed by atoms with Gasteiger partial charge in [0.1, 0.15) is 0 Å². The third-order valence-electron chi connectivity index (χ3n) is 6.03. The molecule has 152 valence electrons. The Bertz CT molecular complexity index is 822. The maximum absolute atomic E-state index is 12.7. The summed E-state index contributed by atoms with van der Waals surface area (Å²) in [4.78, 5) is 37.5. The van der Waals surface area contributed by atoms with Crippen molar-refractivity contribution in [1.82, 2.24) is 9.47 Å². The molecule has 0 N–H and O–H groups in total. The molecule has 1 amide bonds. The number of hydrogen-bond acceptors (Lipinski definition) is 6. The summed E-state index contributed by atoms with van der Waals surface area (Å²) in [5, 5.41) is 11.8. The number of pyridine rings is 1. The van der Waals surface area contributed by atoms with Crippen LogP contribution in [-0.4, -0.2) is 44.4 Å². The molecule has 3 aliphatic rings. The number of carbonyl (C=O) groups excluding carboxylic acids is 1. The zero-order valence-electron chi connectivity index (χ0n) is 15.7. The van der Waals surface area contributed by atoms with Crippen molar-refractivity contribution < 1.29 is 9.72 Å². The molecular weight excluding hydrogens is 398 g/mol. The van der Waals surface area contributed by atoms with Crippen LogP contribution in [0.5, 0.6) is 0 Å². The molecule has 0 saturated carbocycles. The van der Waals surface area contributed by atoms with Gasteiger partial charge in [-0.05, 0) is 37.7 Å². The Morgan fingerprint density at radius 3 is 2.86 bits per heavy atom. The fourth-order valence-electron chi connectivity index (χ4n) is 4.65. The molecule has 4 rings (SSSR count). The van der Waals surface area contributed by atoms with Gasteiger partial charge in [-0.1, -0.05) is 28.0 Å². The molecule has 0 radical (unpaired) electrons. The highest BCUT2D eigenvalue weighted by Gasteiger charge is 2.37. The fraction of sp³-hybridized carbons (Fsp3) is 0.684. The summed E-state index contributed by atoms with van der Waals surface area (Å²) in [6.07, 6.45) is 6.07. The molecule has 0 aromatic carbocycles. The van der Waals surface area contributed by atoms with Gasteiger partial charge in [0, 0.05) is 54.7 Å². The van der Waals surface area contributed by atoms with Gasteiger partial charge in [-0.3, -0.25) is 19.7 Å². The van der Waals surface area contributed by atoms with Gasteiger partial charge in [-0.2, -0.15) is 0 Å². The fourth-order valence-corrected chi connectivity index (χ4v) is 7.68. The van der Waals surface area contributed by atoms with Gasteiger partial charge >= 0.3 is 11.2 Å². The van der Waals surface area contributed by atoms with E-state index in [9.17, 15) is 19.7 Å². The Balaban J connectivity index is 1.36. The molecule has 1 aromatic heterocycles. The van der Waals surface area contributed by atoms with Crippen molar-refractivity contribution in [3.05, 3.63) is 38.3 Å². The smallest absolute Gasteiger partial charge is 0.334 e. The Morgan fingerprint density at radius 2 is 2.11 bits per heavy atom. The number of piperidine rings is 1. The molecule has 1 unspecified atom stereocenters. The lowest BCUT2D eigenvalue weighted by atomic mass is 9.83. The SMILES string of the molecule is O=C(CCCCC1CCSS1)N1C[C@@H]2C[C@@H](C1)c1ccc([N+](=O)[O-])c(=O)n1C2. The normalized spacial score (nSPS) is 26.1. The van der Waals surface area contributed by atoms with Crippen molar-refractivity contribution in [2.75, 3.05) is 18.8 Å². The summed E-state index contributed by atoms with van der Waals surface area (Å²) in [5.41, 5.74) is -0.0458. The molecule has 0 spiro atoms. The van der Waals surface area contributed by atoms with E-state index < -0.39 is 10.5 Å². The van der Waals surface area contributed by atoms with Gasteiger partial charge in [0.05, 0.1) is 4.92 Å². The van der Waals surface area contributed by atoms with Crippen LogP contribution < -0.4 is 5.56 Å². The van der Waals surface area contributed by atoms with E-state index in [1.165, 1.54) is 24.7 Å². The molecule has 3 atom stereocenters. The molecule has 2 bridgehead atoms. The molecule has 4 heterocycles. The first-order valence-electron chi connectivity index (χ1n) is 9.97. The van der Waals surface area contributed by atoms with Crippen molar-refractivity contribution >= 4 is 33.2 Å². The first-order valence-corrected chi connectivity index (χ1v) is 12.4. The number of unbranched alkanes of at least 4 members (excludes halogenated alkanes) is 1. The van der Waals surface area contributed by atoms with E-state index in [0.717, 1.165) is 30.2 Å². The predicted molar refractivity (Wildman–Crippen MR) is 112 cm³/mol. The summed E-state index contributed by atoms with van der Waals surface area (Å²) in [6, 6.07) is 3.01. The van der Waals surface area contributed by atoms with E-state index in [1.807, 2.05) is 26.5 Å². The van der Waals surface area contributed by atoms with Crippen LogP contribution in [0.25, 0.3) is 0 Å². The lowest BCUT2D eigenvalue weighted by Crippen LogP contribution is -2.49. The molecule has 2 fully saturated rings. The third-order valence-corrected chi connectivity index (χ3v) is 9.03. The minimum Gasteiger partial charge on any atom is -0.342 e. The van der Waals surface area contributed by atoms with Crippen LogP contribution in [-0.2, 0) is 11.3 Å². The third kappa shape index (κ3) is 4.10. The molecular formula is C19H25N3O4S2. The monoisotopic (exact) mass is 423 g/mol. The number of nitro groups is 1. The van der Waals surface area contributed by atoms with E-state index in [4.69, 9.17) is 0 Å². The number of likely N-dealkylation sites (tertiary alicyclic amines) is 1. The minimum absolute atomic E-state index is 0.0943. The Morgan fingerprint density at radius 1 is 1.25 bits per heavy atom. The summed E-state index contributed by atoms with van der Waals surface area (Å²) in [7, 11) is 3.95. The zero-order valence-corrected chi connectivity index (χ0v) is 17.4. The first kappa shape index (κ1) is 19.8. The van der Waals surface area contributed by atoms with Gasteiger partial charge in [-0.25, -0.2) is 0 Å². The number of aromatic nitrogens is 1. The van der Waals surface area contributed by atoms with Crippen molar-refractivity contribution in [1.29, 1.82) is 0 Å². The lowest BCUT2D eigenvalue weighted by molar-refractivity contribution is -0.386. The second kappa shape index (κ2) is 8.49. The predicted octanol–water partition coefficient (Wildman–Crippen LogP) is 3.42. The number of nitrogens with zero attached hydrogens (tertiary/aromatic N) is 3. The van der Waals surface area contributed by atoms with Gasteiger partial charge in [-0.15, -0.1) is 0 Å². The molecule has 3 aliphatic heterocycles. The molecule has 7 nitrogen and oxygen atoms in total. The lowest BCUT2D eigenvalue weighted by Gasteiger charge is -2.42. The topological polar surface area (TPSA) is 85.5 Å². The van der Waals surface area contributed by atoms with Crippen molar-refractivity contribution in [3.63, 3.8) is 0 Å². The van der Waals surface area contributed by atoms with Crippen LogP contribution in [0.4, 0.5) is 5.69 Å². The highest BCUT2D eigenvalue weighted by molar-refractivity contribution is 8.77. The highest BCUT2D eigenvalue weighted by atomic mass is 33.1. The number of rotatable bonds is 6. The summed E-state index contributed by atoms with van der Waals surface area (Å²) < 4.78 is 1.57. The van der Waals surface area contributed by atoms with E-state index >= 15 is 0 Å². The van der Waals surface area contributed by atoms with Crippen LogP contribution >= 0.6 is 21.6 Å². The van der Waals surface area contributed by atoms with Crippen molar-refractivity contribution in [2.45, 2.75) is 56.2 Å². The summed E-state index contributed by atoms with van der Waals surface area (Å²) in [5.74, 6) is 1.75. The van der Waals surface area contributed by atoms with Gasteiger partial charge in [0.15, 0.2) is 0 Å². The Hall–Kier alpha value is -1.48. The molecule has 2 saturated heterocycles.